The lowest BCUT2D eigenvalue weighted by Crippen LogP contribution is -2.15. The average molecular weight is 334 g/mol. The molecule has 4 heteroatoms. The smallest absolute Gasteiger partial charge is 0.272 e. The second-order valence-electron chi connectivity index (χ2n) is 5.45. The Morgan fingerprint density at radius 3 is 2.79 bits per heavy atom. The summed E-state index contributed by atoms with van der Waals surface area (Å²) in [6, 6.07) is 16.0. The summed E-state index contributed by atoms with van der Waals surface area (Å²) >= 11 is 1.52. The van der Waals surface area contributed by atoms with Crippen molar-refractivity contribution >= 4 is 33.5 Å². The zero-order chi connectivity index (χ0) is 16.9. The monoisotopic (exact) mass is 334 g/mol. The van der Waals surface area contributed by atoms with Crippen LogP contribution in [0.3, 0.4) is 0 Å². The lowest BCUT2D eigenvalue weighted by molar-refractivity contribution is -0.113. The van der Waals surface area contributed by atoms with Gasteiger partial charge in [-0.3, -0.25) is 4.79 Å². The van der Waals surface area contributed by atoms with Crippen LogP contribution in [0.1, 0.15) is 11.1 Å². The molecule has 0 saturated heterocycles. The Balaban J connectivity index is 1.99. The quantitative estimate of drug-likeness (QED) is 0.516. The van der Waals surface area contributed by atoms with E-state index in [1.165, 1.54) is 23.0 Å². The maximum absolute atomic E-state index is 12.2. The van der Waals surface area contributed by atoms with Crippen molar-refractivity contribution in [3.05, 3.63) is 83.2 Å². The molecular weight excluding hydrogens is 316 g/mol. The van der Waals surface area contributed by atoms with Crippen LogP contribution in [-0.2, 0) is 11.3 Å². The molecule has 0 unspecified atom stereocenters. The first-order valence-electron chi connectivity index (χ1n) is 7.70. The number of hydrogen-bond acceptors (Lipinski definition) is 2. The molecule has 0 radical (unpaired) electrons. The Morgan fingerprint density at radius 2 is 2.04 bits per heavy atom. The van der Waals surface area contributed by atoms with Gasteiger partial charge in [-0.25, -0.2) is 0 Å². The zero-order valence-corrected chi connectivity index (χ0v) is 14.3. The van der Waals surface area contributed by atoms with Gasteiger partial charge in [0.2, 0.25) is 0 Å². The van der Waals surface area contributed by atoms with Crippen molar-refractivity contribution in [3.63, 3.8) is 0 Å². The van der Waals surface area contributed by atoms with Gasteiger partial charge < -0.3 is 4.57 Å². The number of thiazole rings is 1. The standard InChI is InChI=1S/C20H18N2OS/c1-3-13-22-17-11-9-15(2)14-18(17)24-20(22)21-19(23)12-10-16-7-5-4-6-8-16/h3-12,14H,1,13H2,2H3/b12-10+,21-20?. The fourth-order valence-corrected chi connectivity index (χ4v) is 3.58. The first-order chi connectivity index (χ1) is 11.7. The minimum Gasteiger partial charge on any atom is -0.312 e. The molecule has 0 atom stereocenters. The predicted molar refractivity (Wildman–Crippen MR) is 101 cm³/mol. The second kappa shape index (κ2) is 7.23. The van der Waals surface area contributed by atoms with Crippen LogP contribution in [0.25, 0.3) is 16.3 Å². The first-order valence-corrected chi connectivity index (χ1v) is 8.52. The molecule has 0 N–H and O–H groups in total. The number of amides is 1. The lowest BCUT2D eigenvalue weighted by Gasteiger charge is -2.00. The fourth-order valence-electron chi connectivity index (χ4n) is 2.43. The van der Waals surface area contributed by atoms with Crippen LogP contribution >= 0.6 is 11.3 Å². The maximum atomic E-state index is 12.2. The van der Waals surface area contributed by atoms with Crippen molar-refractivity contribution in [2.45, 2.75) is 13.5 Å². The number of fused-ring (bicyclic) bond motifs is 1. The largest absolute Gasteiger partial charge is 0.312 e. The number of carbonyl (C=O) groups excluding carboxylic acids is 1. The number of carbonyl (C=O) groups is 1. The molecule has 0 fully saturated rings. The number of rotatable bonds is 4. The van der Waals surface area contributed by atoms with Crippen LogP contribution in [0.15, 0.2) is 72.3 Å². The molecule has 0 bridgehead atoms. The van der Waals surface area contributed by atoms with Crippen molar-refractivity contribution in [3.8, 4) is 0 Å². The van der Waals surface area contributed by atoms with E-state index < -0.39 is 0 Å². The zero-order valence-electron chi connectivity index (χ0n) is 13.5. The third-order valence-electron chi connectivity index (χ3n) is 3.57. The predicted octanol–water partition coefficient (Wildman–Crippen LogP) is 4.34. The van der Waals surface area contributed by atoms with E-state index in [1.807, 2.05) is 41.0 Å². The van der Waals surface area contributed by atoms with E-state index in [0.29, 0.717) is 11.3 Å². The van der Waals surface area contributed by atoms with Gasteiger partial charge in [0.1, 0.15) is 0 Å². The summed E-state index contributed by atoms with van der Waals surface area (Å²) in [5.74, 6) is -0.264. The second-order valence-corrected chi connectivity index (χ2v) is 6.46. The highest BCUT2D eigenvalue weighted by Gasteiger charge is 2.06. The lowest BCUT2D eigenvalue weighted by atomic mass is 10.2. The third kappa shape index (κ3) is 3.60. The minimum atomic E-state index is -0.264. The molecule has 3 rings (SSSR count). The van der Waals surface area contributed by atoms with Crippen LogP contribution < -0.4 is 4.80 Å². The summed E-state index contributed by atoms with van der Waals surface area (Å²) in [7, 11) is 0. The van der Waals surface area contributed by atoms with Crippen molar-refractivity contribution < 1.29 is 4.79 Å². The maximum Gasteiger partial charge on any atom is 0.272 e. The van der Waals surface area contributed by atoms with Gasteiger partial charge in [0, 0.05) is 12.6 Å². The minimum absolute atomic E-state index is 0.264. The van der Waals surface area contributed by atoms with E-state index in [4.69, 9.17) is 0 Å². The summed E-state index contributed by atoms with van der Waals surface area (Å²) in [6.45, 7) is 6.48. The van der Waals surface area contributed by atoms with Crippen LogP contribution in [0, 0.1) is 6.92 Å². The van der Waals surface area contributed by atoms with E-state index in [-0.39, 0.29) is 5.91 Å². The number of allylic oxidation sites excluding steroid dienone is 1. The van der Waals surface area contributed by atoms with Crippen molar-refractivity contribution in [1.82, 2.24) is 4.57 Å². The van der Waals surface area contributed by atoms with Crippen LogP contribution in [0.4, 0.5) is 0 Å². The van der Waals surface area contributed by atoms with Gasteiger partial charge in [-0.15, -0.1) is 6.58 Å². The van der Waals surface area contributed by atoms with Gasteiger partial charge in [0.05, 0.1) is 10.2 Å². The first kappa shape index (κ1) is 16.1. The highest BCUT2D eigenvalue weighted by Crippen LogP contribution is 2.19. The van der Waals surface area contributed by atoms with Gasteiger partial charge in [0.15, 0.2) is 4.80 Å². The van der Waals surface area contributed by atoms with Gasteiger partial charge in [-0.2, -0.15) is 4.99 Å². The molecule has 0 spiro atoms. The van der Waals surface area contributed by atoms with E-state index in [9.17, 15) is 4.79 Å². The Labute approximate surface area is 144 Å². The van der Waals surface area contributed by atoms with Gasteiger partial charge >= 0.3 is 0 Å². The molecule has 3 nitrogen and oxygen atoms in total. The normalized spacial score (nSPS) is 12.1. The molecule has 0 aliphatic rings. The molecule has 1 heterocycles. The molecule has 0 saturated carbocycles. The van der Waals surface area contributed by atoms with Gasteiger partial charge in [-0.05, 0) is 36.3 Å². The van der Waals surface area contributed by atoms with Crippen molar-refractivity contribution in [2.75, 3.05) is 0 Å². The molecule has 1 aromatic heterocycles. The van der Waals surface area contributed by atoms with Gasteiger partial charge in [0.25, 0.3) is 5.91 Å². The van der Waals surface area contributed by atoms with Gasteiger partial charge in [-0.1, -0.05) is 53.8 Å². The van der Waals surface area contributed by atoms with Crippen LogP contribution in [0.5, 0.6) is 0 Å². The number of benzene rings is 2. The number of aromatic nitrogens is 1. The van der Waals surface area contributed by atoms with E-state index in [2.05, 4.69) is 36.7 Å². The molecule has 24 heavy (non-hydrogen) atoms. The fraction of sp³-hybridized carbons (Fsp3) is 0.100. The summed E-state index contributed by atoms with van der Waals surface area (Å²) in [6.07, 6.45) is 5.10. The molecule has 0 aliphatic carbocycles. The third-order valence-corrected chi connectivity index (χ3v) is 4.61. The van der Waals surface area contributed by atoms with Crippen molar-refractivity contribution in [2.24, 2.45) is 4.99 Å². The highest BCUT2D eigenvalue weighted by atomic mass is 32.1. The summed E-state index contributed by atoms with van der Waals surface area (Å²) in [5.41, 5.74) is 3.24. The summed E-state index contributed by atoms with van der Waals surface area (Å²) in [5, 5.41) is 0. The van der Waals surface area contributed by atoms with E-state index >= 15 is 0 Å². The molecule has 120 valence electrons. The topological polar surface area (TPSA) is 34.4 Å². The molecule has 1 amide bonds. The Kier molecular flexibility index (Phi) is 4.87. The Bertz CT molecular complexity index is 978. The SMILES string of the molecule is C=CCn1c(=NC(=O)/C=C/c2ccccc2)sc2cc(C)ccc21. The summed E-state index contributed by atoms with van der Waals surface area (Å²) in [4.78, 5) is 17.2. The summed E-state index contributed by atoms with van der Waals surface area (Å²) < 4.78 is 3.14. The Morgan fingerprint density at radius 1 is 1.25 bits per heavy atom. The van der Waals surface area contributed by atoms with Crippen LogP contribution in [-0.4, -0.2) is 10.5 Å². The molecule has 2 aromatic carbocycles. The van der Waals surface area contributed by atoms with E-state index in [1.54, 1.807) is 6.08 Å². The van der Waals surface area contributed by atoms with Crippen molar-refractivity contribution in [1.29, 1.82) is 0 Å². The number of aryl methyl sites for hydroxylation is 1. The number of nitrogens with zero attached hydrogens (tertiary/aromatic N) is 2. The van der Waals surface area contributed by atoms with Crippen LogP contribution in [0.2, 0.25) is 0 Å². The average Bonchev–Trinajstić information content (AvgIpc) is 2.91. The molecular formula is C20H18N2OS. The highest BCUT2D eigenvalue weighted by molar-refractivity contribution is 7.16. The Hall–Kier alpha value is -2.72. The molecule has 0 aliphatic heterocycles. The van der Waals surface area contributed by atoms with E-state index in [0.717, 1.165) is 15.8 Å². The number of hydrogen-bond donors (Lipinski definition) is 0. The molecule has 3 aromatic rings.